The molecule has 3 rings (SSSR count). The Morgan fingerprint density at radius 1 is 1.08 bits per heavy atom. The number of piperidine rings is 1. The van der Waals surface area contributed by atoms with Gasteiger partial charge in [0.05, 0.1) is 6.26 Å². The average molecular weight is 342 g/mol. The van der Waals surface area contributed by atoms with Gasteiger partial charge in [-0.25, -0.2) is 0 Å². The third-order valence-electron chi connectivity index (χ3n) is 4.20. The summed E-state index contributed by atoms with van der Waals surface area (Å²) >= 11 is 0. The maximum absolute atomic E-state index is 12.3. The quantitative estimate of drug-likeness (QED) is 0.913. The molecule has 134 valence electrons. The lowest BCUT2D eigenvalue weighted by atomic mass is 9.95. The summed E-state index contributed by atoms with van der Waals surface area (Å²) in [6.45, 7) is 7.16. The van der Waals surface area contributed by atoms with Crippen LogP contribution < -0.4 is 5.32 Å². The number of likely N-dealkylation sites (tertiary alicyclic amines) is 1. The second kappa shape index (κ2) is 9.06. The lowest BCUT2D eigenvalue weighted by Crippen LogP contribution is -2.41. The van der Waals surface area contributed by atoms with Crippen molar-refractivity contribution in [2.24, 2.45) is 5.92 Å². The Balaban J connectivity index is 0.00000109. The molecule has 1 fully saturated rings. The SMILES string of the molecule is CC.Cc1ccc(NC(=O)C2CCN(C(=O)c3ccco3)CC2)cc1. The normalized spacial score (nSPS) is 14.4. The van der Waals surface area contributed by atoms with Crippen molar-refractivity contribution < 1.29 is 14.0 Å². The van der Waals surface area contributed by atoms with E-state index >= 15 is 0 Å². The van der Waals surface area contributed by atoms with Crippen LogP contribution in [0.15, 0.2) is 47.1 Å². The molecule has 0 spiro atoms. The van der Waals surface area contributed by atoms with Crippen LogP contribution in [0.3, 0.4) is 0 Å². The van der Waals surface area contributed by atoms with Gasteiger partial charge in [-0.15, -0.1) is 0 Å². The van der Waals surface area contributed by atoms with E-state index in [0.717, 1.165) is 11.3 Å². The van der Waals surface area contributed by atoms with E-state index in [9.17, 15) is 9.59 Å². The van der Waals surface area contributed by atoms with Gasteiger partial charge in [0, 0.05) is 24.7 Å². The van der Waals surface area contributed by atoms with E-state index in [4.69, 9.17) is 4.42 Å². The van der Waals surface area contributed by atoms with Crippen LogP contribution in [-0.4, -0.2) is 29.8 Å². The van der Waals surface area contributed by atoms with E-state index in [1.807, 2.05) is 45.0 Å². The molecule has 5 nitrogen and oxygen atoms in total. The first-order valence-electron chi connectivity index (χ1n) is 8.84. The zero-order chi connectivity index (χ0) is 18.2. The number of benzene rings is 1. The fourth-order valence-electron chi connectivity index (χ4n) is 2.78. The molecule has 1 aromatic carbocycles. The first kappa shape index (κ1) is 18.8. The number of rotatable bonds is 3. The first-order chi connectivity index (χ1) is 12.1. The number of hydrogen-bond acceptors (Lipinski definition) is 3. The smallest absolute Gasteiger partial charge is 0.289 e. The number of nitrogens with zero attached hydrogens (tertiary/aromatic N) is 1. The van der Waals surface area contributed by atoms with E-state index in [1.165, 1.54) is 6.26 Å². The Bertz CT molecular complexity index is 669. The summed E-state index contributed by atoms with van der Waals surface area (Å²) in [4.78, 5) is 26.3. The third-order valence-corrected chi connectivity index (χ3v) is 4.20. The minimum Gasteiger partial charge on any atom is -0.459 e. The number of anilines is 1. The van der Waals surface area contributed by atoms with Crippen LogP contribution in [0.1, 0.15) is 42.8 Å². The predicted octanol–water partition coefficient (Wildman–Crippen LogP) is 4.11. The van der Waals surface area contributed by atoms with Crippen molar-refractivity contribution in [1.82, 2.24) is 4.90 Å². The Labute approximate surface area is 149 Å². The van der Waals surface area contributed by atoms with Crippen LogP contribution >= 0.6 is 0 Å². The molecule has 1 N–H and O–H groups in total. The van der Waals surface area contributed by atoms with Crippen molar-refractivity contribution in [3.63, 3.8) is 0 Å². The molecule has 0 bridgehead atoms. The van der Waals surface area contributed by atoms with Crippen LogP contribution in [0.4, 0.5) is 5.69 Å². The van der Waals surface area contributed by atoms with Gasteiger partial charge in [0.15, 0.2) is 5.76 Å². The second-order valence-electron chi connectivity index (χ2n) is 5.90. The first-order valence-corrected chi connectivity index (χ1v) is 8.84. The van der Waals surface area contributed by atoms with Crippen molar-refractivity contribution >= 4 is 17.5 Å². The number of amides is 2. The molecular weight excluding hydrogens is 316 g/mol. The molecule has 0 atom stereocenters. The van der Waals surface area contributed by atoms with E-state index in [1.54, 1.807) is 17.0 Å². The van der Waals surface area contributed by atoms with Crippen LogP contribution in [0, 0.1) is 12.8 Å². The number of furan rings is 1. The molecule has 1 aliphatic heterocycles. The largest absolute Gasteiger partial charge is 0.459 e. The average Bonchev–Trinajstić information content (AvgIpc) is 3.19. The summed E-state index contributed by atoms with van der Waals surface area (Å²) in [6.07, 6.45) is 2.84. The summed E-state index contributed by atoms with van der Waals surface area (Å²) in [6, 6.07) is 11.1. The predicted molar refractivity (Wildman–Crippen MR) is 98.5 cm³/mol. The zero-order valence-corrected chi connectivity index (χ0v) is 15.1. The summed E-state index contributed by atoms with van der Waals surface area (Å²) < 4.78 is 5.14. The summed E-state index contributed by atoms with van der Waals surface area (Å²) in [5.74, 6) is 0.218. The maximum atomic E-state index is 12.3. The minimum absolute atomic E-state index is 0.0268. The standard InChI is InChI=1S/C18H20N2O3.C2H6/c1-13-4-6-15(7-5-13)19-17(21)14-8-10-20(11-9-14)18(22)16-3-2-12-23-16;1-2/h2-7,12,14H,8-11H2,1H3,(H,19,21);1-2H3. The van der Waals surface area contributed by atoms with Gasteiger partial charge in [-0.2, -0.15) is 0 Å². The topological polar surface area (TPSA) is 62.6 Å². The van der Waals surface area contributed by atoms with Gasteiger partial charge in [0.1, 0.15) is 0 Å². The summed E-state index contributed by atoms with van der Waals surface area (Å²) in [5.41, 5.74) is 1.97. The molecule has 5 heteroatoms. The molecule has 1 saturated heterocycles. The molecule has 0 saturated carbocycles. The third kappa shape index (κ3) is 4.95. The molecule has 2 aromatic rings. The fraction of sp³-hybridized carbons (Fsp3) is 0.400. The summed E-state index contributed by atoms with van der Waals surface area (Å²) in [7, 11) is 0. The number of nitrogens with one attached hydrogen (secondary N) is 1. The van der Waals surface area contributed by atoms with Crippen LogP contribution in [0.25, 0.3) is 0 Å². The number of carbonyl (C=O) groups is 2. The zero-order valence-electron chi connectivity index (χ0n) is 15.1. The van der Waals surface area contributed by atoms with E-state index in [-0.39, 0.29) is 17.7 Å². The molecule has 2 heterocycles. The molecular formula is C20H26N2O3. The Hall–Kier alpha value is -2.56. The molecule has 2 amide bonds. The molecule has 1 aromatic heterocycles. The Morgan fingerprint density at radius 3 is 2.28 bits per heavy atom. The second-order valence-corrected chi connectivity index (χ2v) is 5.90. The van der Waals surface area contributed by atoms with Gasteiger partial charge < -0.3 is 14.6 Å². The number of aryl methyl sites for hydroxylation is 1. The fourth-order valence-corrected chi connectivity index (χ4v) is 2.78. The summed E-state index contributed by atoms with van der Waals surface area (Å²) in [5, 5.41) is 2.95. The molecule has 25 heavy (non-hydrogen) atoms. The van der Waals surface area contributed by atoms with Crippen molar-refractivity contribution in [2.45, 2.75) is 33.6 Å². The van der Waals surface area contributed by atoms with Crippen molar-refractivity contribution in [3.8, 4) is 0 Å². The van der Waals surface area contributed by atoms with Gasteiger partial charge in [-0.3, -0.25) is 9.59 Å². The lowest BCUT2D eigenvalue weighted by Gasteiger charge is -2.30. The van der Waals surface area contributed by atoms with E-state index < -0.39 is 0 Å². The molecule has 0 radical (unpaired) electrons. The molecule has 1 aliphatic rings. The van der Waals surface area contributed by atoms with Gasteiger partial charge in [0.25, 0.3) is 5.91 Å². The molecule has 0 unspecified atom stereocenters. The lowest BCUT2D eigenvalue weighted by molar-refractivity contribution is -0.121. The number of carbonyl (C=O) groups excluding carboxylic acids is 2. The monoisotopic (exact) mass is 342 g/mol. The highest BCUT2D eigenvalue weighted by Gasteiger charge is 2.28. The van der Waals surface area contributed by atoms with Gasteiger partial charge in [-0.1, -0.05) is 31.5 Å². The van der Waals surface area contributed by atoms with Crippen LogP contribution in [-0.2, 0) is 4.79 Å². The number of hydrogen-bond donors (Lipinski definition) is 1. The van der Waals surface area contributed by atoms with Gasteiger partial charge >= 0.3 is 0 Å². The molecule has 0 aliphatic carbocycles. The maximum Gasteiger partial charge on any atom is 0.289 e. The van der Waals surface area contributed by atoms with Crippen LogP contribution in [0.2, 0.25) is 0 Å². The highest BCUT2D eigenvalue weighted by molar-refractivity contribution is 5.94. The van der Waals surface area contributed by atoms with Crippen LogP contribution in [0.5, 0.6) is 0 Å². The van der Waals surface area contributed by atoms with Crippen molar-refractivity contribution in [2.75, 3.05) is 18.4 Å². The van der Waals surface area contributed by atoms with E-state index in [0.29, 0.717) is 31.7 Å². The highest BCUT2D eigenvalue weighted by Crippen LogP contribution is 2.21. The van der Waals surface area contributed by atoms with Gasteiger partial charge in [0.2, 0.25) is 5.91 Å². The highest BCUT2D eigenvalue weighted by atomic mass is 16.3. The van der Waals surface area contributed by atoms with Gasteiger partial charge in [-0.05, 0) is 44.0 Å². The van der Waals surface area contributed by atoms with Crippen molar-refractivity contribution in [3.05, 3.63) is 54.0 Å². The Morgan fingerprint density at radius 2 is 1.72 bits per heavy atom. The minimum atomic E-state index is -0.104. The van der Waals surface area contributed by atoms with Crippen molar-refractivity contribution in [1.29, 1.82) is 0 Å². The Kier molecular flexibility index (Phi) is 6.81. The van der Waals surface area contributed by atoms with E-state index in [2.05, 4.69) is 5.32 Å².